The smallest absolute Gasteiger partial charge is 0.294 e. The fraction of sp³-hybridized carbons (Fsp3) is 0.105. The van der Waals surface area contributed by atoms with Crippen molar-refractivity contribution < 1.29 is 13.6 Å². The highest BCUT2D eigenvalue weighted by molar-refractivity contribution is 6.05. The van der Waals surface area contributed by atoms with Crippen LogP contribution in [0, 0.1) is 5.82 Å². The van der Waals surface area contributed by atoms with Crippen molar-refractivity contribution in [1.29, 1.82) is 0 Å². The molecule has 1 aliphatic heterocycles. The lowest BCUT2D eigenvalue weighted by Crippen LogP contribution is -2.28. The van der Waals surface area contributed by atoms with E-state index in [1.807, 2.05) is 24.3 Å². The second-order valence-corrected chi connectivity index (χ2v) is 5.51. The summed E-state index contributed by atoms with van der Waals surface area (Å²) >= 11 is 0. The number of halogens is 1. The van der Waals surface area contributed by atoms with Crippen LogP contribution in [-0.4, -0.2) is 12.5 Å². The molecule has 0 saturated heterocycles. The number of rotatable bonds is 2. The Morgan fingerprint density at radius 2 is 1.78 bits per heavy atom. The number of carbonyl (C=O) groups is 1. The lowest BCUT2D eigenvalue weighted by molar-refractivity contribution is 0.0963. The number of hydrogen-bond acceptors (Lipinski definition) is 2. The van der Waals surface area contributed by atoms with Crippen LogP contribution >= 0.6 is 0 Å². The molecule has 2 aromatic carbocycles. The Morgan fingerprint density at radius 3 is 2.61 bits per heavy atom. The molecule has 0 unspecified atom stereocenters. The van der Waals surface area contributed by atoms with Crippen molar-refractivity contribution in [3.05, 3.63) is 77.8 Å². The van der Waals surface area contributed by atoms with E-state index in [4.69, 9.17) is 4.42 Å². The number of nitrogens with zero attached hydrogens (tertiary/aromatic N) is 1. The minimum atomic E-state index is -0.301. The Hall–Kier alpha value is -2.88. The molecule has 4 rings (SSSR count). The number of amides is 1. The van der Waals surface area contributed by atoms with Crippen LogP contribution in [0.15, 0.2) is 65.1 Å². The highest BCUT2D eigenvalue weighted by Gasteiger charge is 2.27. The van der Waals surface area contributed by atoms with Gasteiger partial charge in [0, 0.05) is 17.8 Å². The SMILES string of the molecule is O=C(c1ccc(-c2ccc(F)cc2)o1)N1CCc2ccccc21. The van der Waals surface area contributed by atoms with Crippen LogP contribution < -0.4 is 4.90 Å². The molecule has 0 bridgehead atoms. The molecule has 0 radical (unpaired) electrons. The quantitative estimate of drug-likeness (QED) is 0.707. The van der Waals surface area contributed by atoms with E-state index < -0.39 is 0 Å². The molecule has 23 heavy (non-hydrogen) atoms. The molecule has 0 atom stereocenters. The zero-order chi connectivity index (χ0) is 15.8. The second kappa shape index (κ2) is 5.39. The third-order valence-electron chi connectivity index (χ3n) is 4.08. The third kappa shape index (κ3) is 2.42. The Bertz CT molecular complexity index is 867. The summed E-state index contributed by atoms with van der Waals surface area (Å²) in [4.78, 5) is 14.4. The van der Waals surface area contributed by atoms with Crippen molar-refractivity contribution in [1.82, 2.24) is 0 Å². The Kier molecular flexibility index (Phi) is 3.23. The maximum absolute atomic E-state index is 13.0. The summed E-state index contributed by atoms with van der Waals surface area (Å²) in [5.41, 5.74) is 2.86. The van der Waals surface area contributed by atoms with Gasteiger partial charge in [-0.05, 0) is 54.4 Å². The van der Waals surface area contributed by atoms with Gasteiger partial charge in [0.1, 0.15) is 11.6 Å². The number of anilines is 1. The maximum Gasteiger partial charge on any atom is 0.294 e. The van der Waals surface area contributed by atoms with Gasteiger partial charge in [-0.15, -0.1) is 0 Å². The predicted molar refractivity (Wildman–Crippen MR) is 85.9 cm³/mol. The number of benzene rings is 2. The fourth-order valence-corrected chi connectivity index (χ4v) is 2.90. The topological polar surface area (TPSA) is 33.5 Å². The monoisotopic (exact) mass is 307 g/mol. The molecule has 2 heterocycles. The maximum atomic E-state index is 13.0. The fourth-order valence-electron chi connectivity index (χ4n) is 2.90. The average Bonchev–Trinajstić information content (AvgIpc) is 3.22. The number of para-hydroxylation sites is 1. The largest absolute Gasteiger partial charge is 0.451 e. The zero-order valence-electron chi connectivity index (χ0n) is 12.3. The average molecular weight is 307 g/mol. The van der Waals surface area contributed by atoms with E-state index in [2.05, 4.69) is 0 Å². The molecular weight excluding hydrogens is 293 g/mol. The molecule has 3 nitrogen and oxygen atoms in total. The van der Waals surface area contributed by atoms with E-state index in [0.717, 1.165) is 17.7 Å². The standard InChI is InChI=1S/C19H14FNO2/c20-15-7-5-14(6-8-15)17-9-10-18(23-17)19(22)21-12-11-13-3-1-2-4-16(13)21/h1-10H,11-12H2. The molecular formula is C19H14FNO2. The van der Waals surface area contributed by atoms with Crippen molar-refractivity contribution in [2.45, 2.75) is 6.42 Å². The van der Waals surface area contributed by atoms with Gasteiger partial charge < -0.3 is 9.32 Å². The van der Waals surface area contributed by atoms with Gasteiger partial charge in [0.05, 0.1) is 0 Å². The molecule has 1 aliphatic rings. The van der Waals surface area contributed by atoms with E-state index in [0.29, 0.717) is 18.1 Å². The molecule has 3 aromatic rings. The summed E-state index contributed by atoms with van der Waals surface area (Å²) in [6.45, 7) is 0.658. The van der Waals surface area contributed by atoms with Crippen molar-refractivity contribution in [3.8, 4) is 11.3 Å². The van der Waals surface area contributed by atoms with Gasteiger partial charge in [0.15, 0.2) is 5.76 Å². The zero-order valence-corrected chi connectivity index (χ0v) is 12.3. The van der Waals surface area contributed by atoms with Crippen LogP contribution in [0.2, 0.25) is 0 Å². The summed E-state index contributed by atoms with van der Waals surface area (Å²) in [6, 6.07) is 17.3. The third-order valence-corrected chi connectivity index (χ3v) is 4.08. The summed E-state index contributed by atoms with van der Waals surface area (Å²) in [5.74, 6) is 0.399. The molecule has 1 aromatic heterocycles. The van der Waals surface area contributed by atoms with Crippen LogP contribution in [-0.2, 0) is 6.42 Å². The molecule has 114 valence electrons. The first-order valence-electron chi connectivity index (χ1n) is 7.48. The van der Waals surface area contributed by atoms with Gasteiger partial charge in [0.25, 0.3) is 5.91 Å². The minimum Gasteiger partial charge on any atom is -0.451 e. The Balaban J connectivity index is 1.62. The number of carbonyl (C=O) groups excluding carboxylic acids is 1. The van der Waals surface area contributed by atoms with Crippen molar-refractivity contribution in [2.24, 2.45) is 0 Å². The van der Waals surface area contributed by atoms with Gasteiger partial charge in [-0.2, -0.15) is 0 Å². The lowest BCUT2D eigenvalue weighted by atomic mass is 10.2. The summed E-state index contributed by atoms with van der Waals surface area (Å²) < 4.78 is 18.7. The van der Waals surface area contributed by atoms with Crippen LogP contribution in [0.4, 0.5) is 10.1 Å². The van der Waals surface area contributed by atoms with E-state index in [9.17, 15) is 9.18 Å². The van der Waals surface area contributed by atoms with Crippen molar-refractivity contribution >= 4 is 11.6 Å². The highest BCUT2D eigenvalue weighted by atomic mass is 19.1. The summed E-state index contributed by atoms with van der Waals surface area (Å²) in [7, 11) is 0. The molecule has 0 spiro atoms. The molecule has 4 heteroatoms. The van der Waals surface area contributed by atoms with Gasteiger partial charge in [-0.1, -0.05) is 18.2 Å². The number of furan rings is 1. The Morgan fingerprint density at radius 1 is 1.00 bits per heavy atom. The van der Waals surface area contributed by atoms with E-state index >= 15 is 0 Å². The van der Waals surface area contributed by atoms with Crippen LogP contribution in [0.1, 0.15) is 16.1 Å². The van der Waals surface area contributed by atoms with E-state index in [1.165, 1.54) is 17.7 Å². The number of fused-ring (bicyclic) bond motifs is 1. The first-order chi connectivity index (χ1) is 11.2. The normalized spacial score (nSPS) is 13.2. The molecule has 0 N–H and O–H groups in total. The van der Waals surface area contributed by atoms with Gasteiger partial charge in [-0.25, -0.2) is 4.39 Å². The highest BCUT2D eigenvalue weighted by Crippen LogP contribution is 2.30. The van der Waals surface area contributed by atoms with Crippen molar-refractivity contribution in [3.63, 3.8) is 0 Å². The van der Waals surface area contributed by atoms with E-state index in [-0.39, 0.29) is 11.7 Å². The van der Waals surface area contributed by atoms with Crippen LogP contribution in [0.5, 0.6) is 0 Å². The Labute approximate surface area is 133 Å². The molecule has 0 saturated carbocycles. The molecule has 0 fully saturated rings. The summed E-state index contributed by atoms with van der Waals surface area (Å²) in [6.07, 6.45) is 0.855. The number of hydrogen-bond donors (Lipinski definition) is 0. The predicted octanol–water partition coefficient (Wildman–Crippen LogP) is 4.29. The second-order valence-electron chi connectivity index (χ2n) is 5.51. The van der Waals surface area contributed by atoms with Gasteiger partial charge in [0.2, 0.25) is 0 Å². The van der Waals surface area contributed by atoms with Crippen LogP contribution in [0.3, 0.4) is 0 Å². The lowest BCUT2D eigenvalue weighted by Gasteiger charge is -2.15. The minimum absolute atomic E-state index is 0.150. The molecule has 1 amide bonds. The van der Waals surface area contributed by atoms with Crippen molar-refractivity contribution in [2.75, 3.05) is 11.4 Å². The van der Waals surface area contributed by atoms with Gasteiger partial charge >= 0.3 is 0 Å². The van der Waals surface area contributed by atoms with E-state index in [1.54, 1.807) is 29.2 Å². The first kappa shape index (κ1) is 13.8. The summed E-state index contributed by atoms with van der Waals surface area (Å²) in [5, 5.41) is 0. The van der Waals surface area contributed by atoms with Gasteiger partial charge in [-0.3, -0.25) is 4.79 Å². The molecule has 0 aliphatic carbocycles. The van der Waals surface area contributed by atoms with Crippen LogP contribution in [0.25, 0.3) is 11.3 Å². The first-order valence-corrected chi connectivity index (χ1v) is 7.48.